The van der Waals surface area contributed by atoms with E-state index in [4.69, 9.17) is 4.84 Å². The van der Waals surface area contributed by atoms with Crippen LogP contribution in [0.1, 0.15) is 40.5 Å². The number of hydrogen-bond donors (Lipinski definition) is 0. The zero-order valence-corrected chi connectivity index (χ0v) is 11.8. The van der Waals surface area contributed by atoms with Gasteiger partial charge in [0.05, 0.1) is 5.41 Å². The third-order valence-corrected chi connectivity index (χ3v) is 3.69. The summed E-state index contributed by atoms with van der Waals surface area (Å²) >= 11 is 1.40. The van der Waals surface area contributed by atoms with E-state index >= 15 is 0 Å². The van der Waals surface area contributed by atoms with E-state index in [0.717, 1.165) is 12.8 Å². The molecule has 17 heavy (non-hydrogen) atoms. The molecule has 1 heterocycles. The summed E-state index contributed by atoms with van der Waals surface area (Å²) in [5.74, 6) is -0.199. The summed E-state index contributed by atoms with van der Waals surface area (Å²) in [5.41, 5.74) is -0.467. The lowest BCUT2D eigenvalue weighted by molar-refractivity contribution is -0.203. The molecule has 1 fully saturated rings. The Morgan fingerprint density at radius 2 is 1.76 bits per heavy atom. The second-order valence-corrected chi connectivity index (χ2v) is 6.84. The highest BCUT2D eigenvalue weighted by Gasteiger charge is 2.28. The summed E-state index contributed by atoms with van der Waals surface area (Å²) in [7, 11) is 0. The van der Waals surface area contributed by atoms with Crippen LogP contribution in [0, 0.1) is 5.41 Å². The van der Waals surface area contributed by atoms with Crippen molar-refractivity contribution in [1.82, 2.24) is 5.06 Å². The van der Waals surface area contributed by atoms with Crippen LogP contribution in [0.2, 0.25) is 0 Å². The average Bonchev–Trinajstić information content (AvgIpc) is 2.18. The summed E-state index contributed by atoms with van der Waals surface area (Å²) in [6.07, 6.45) is 1.78. The Hall–Kier alpha value is -0.550. The van der Waals surface area contributed by atoms with Gasteiger partial charge in [0.25, 0.3) is 0 Å². The van der Waals surface area contributed by atoms with Crippen molar-refractivity contribution in [2.24, 2.45) is 5.41 Å². The molecule has 98 valence electrons. The van der Waals surface area contributed by atoms with Crippen molar-refractivity contribution < 1.29 is 14.4 Å². The molecule has 0 radical (unpaired) electrons. The van der Waals surface area contributed by atoms with E-state index in [1.807, 2.05) is 20.8 Å². The van der Waals surface area contributed by atoms with Crippen molar-refractivity contribution >= 4 is 22.8 Å². The zero-order chi connectivity index (χ0) is 13.1. The predicted molar refractivity (Wildman–Crippen MR) is 68.4 cm³/mol. The second kappa shape index (κ2) is 5.87. The number of piperidine rings is 1. The Kier molecular flexibility index (Phi) is 5.01. The van der Waals surface area contributed by atoms with Crippen LogP contribution < -0.4 is 0 Å². The smallest absolute Gasteiger partial charge is 0.330 e. The molecule has 1 aliphatic rings. The largest absolute Gasteiger partial charge is 0.367 e. The summed E-state index contributed by atoms with van der Waals surface area (Å²) in [6, 6.07) is 0. The molecule has 4 nitrogen and oxygen atoms in total. The Bertz CT molecular complexity index is 291. The van der Waals surface area contributed by atoms with Crippen LogP contribution in [0.5, 0.6) is 0 Å². The predicted octanol–water partition coefficient (Wildman–Crippen LogP) is 2.23. The minimum absolute atomic E-state index is 0.162. The molecule has 0 saturated carbocycles. The van der Waals surface area contributed by atoms with Gasteiger partial charge in [0, 0.05) is 25.3 Å². The van der Waals surface area contributed by atoms with Crippen LogP contribution in [0.4, 0.5) is 0 Å². The number of hydrogen-bond acceptors (Lipinski definition) is 5. The maximum absolute atomic E-state index is 11.7. The van der Waals surface area contributed by atoms with E-state index < -0.39 is 5.41 Å². The topological polar surface area (TPSA) is 46.6 Å². The number of rotatable bonds is 2. The molecule has 1 saturated heterocycles. The van der Waals surface area contributed by atoms with Crippen LogP contribution in [-0.2, 0) is 14.4 Å². The number of hydroxylamine groups is 2. The molecule has 0 aliphatic carbocycles. The molecule has 0 aromatic carbocycles. The van der Waals surface area contributed by atoms with E-state index in [-0.39, 0.29) is 11.1 Å². The number of thioether (sulfide) groups is 1. The van der Waals surface area contributed by atoms with E-state index in [9.17, 15) is 9.59 Å². The van der Waals surface area contributed by atoms with Gasteiger partial charge in [0.15, 0.2) is 5.12 Å². The van der Waals surface area contributed by atoms with Crippen molar-refractivity contribution in [2.75, 3.05) is 13.1 Å². The Labute approximate surface area is 107 Å². The van der Waals surface area contributed by atoms with Crippen LogP contribution in [0.3, 0.4) is 0 Å². The first-order valence-electron chi connectivity index (χ1n) is 5.93. The minimum atomic E-state index is -0.467. The van der Waals surface area contributed by atoms with Gasteiger partial charge in [-0.2, -0.15) is 0 Å². The molecule has 0 unspecified atom stereocenters. The SMILES string of the molecule is CC(=O)SC1CCN(OC(=O)C(C)(C)C)CC1. The van der Waals surface area contributed by atoms with Crippen LogP contribution >= 0.6 is 11.8 Å². The van der Waals surface area contributed by atoms with Crippen LogP contribution in [0.15, 0.2) is 0 Å². The lowest BCUT2D eigenvalue weighted by atomic mass is 9.98. The van der Waals surface area contributed by atoms with E-state index in [2.05, 4.69) is 0 Å². The van der Waals surface area contributed by atoms with Gasteiger partial charge in [-0.15, -0.1) is 5.06 Å². The second-order valence-electron chi connectivity index (χ2n) is 5.37. The van der Waals surface area contributed by atoms with Crippen molar-refractivity contribution in [3.63, 3.8) is 0 Å². The summed E-state index contributed by atoms with van der Waals surface area (Å²) < 4.78 is 0. The van der Waals surface area contributed by atoms with Gasteiger partial charge in [0.2, 0.25) is 0 Å². The third kappa shape index (κ3) is 5.08. The van der Waals surface area contributed by atoms with Gasteiger partial charge in [-0.1, -0.05) is 11.8 Å². The molecule has 0 atom stereocenters. The van der Waals surface area contributed by atoms with Gasteiger partial charge in [-0.05, 0) is 33.6 Å². The van der Waals surface area contributed by atoms with Crippen LogP contribution in [-0.4, -0.2) is 34.5 Å². The Morgan fingerprint density at radius 1 is 1.24 bits per heavy atom. The van der Waals surface area contributed by atoms with Crippen molar-refractivity contribution in [3.8, 4) is 0 Å². The van der Waals surface area contributed by atoms with Gasteiger partial charge >= 0.3 is 5.97 Å². The highest BCUT2D eigenvalue weighted by molar-refractivity contribution is 8.14. The molecule has 0 aromatic heterocycles. The first-order valence-corrected chi connectivity index (χ1v) is 6.81. The quantitative estimate of drug-likeness (QED) is 0.761. The van der Waals surface area contributed by atoms with Crippen molar-refractivity contribution in [2.45, 2.75) is 45.8 Å². The summed E-state index contributed by atoms with van der Waals surface area (Å²) in [4.78, 5) is 27.9. The first kappa shape index (κ1) is 14.5. The molecule has 1 rings (SSSR count). The standard InChI is InChI=1S/C12H21NO3S/c1-9(14)17-10-5-7-13(8-6-10)16-11(15)12(2,3)4/h10H,5-8H2,1-4H3. The summed E-state index contributed by atoms with van der Waals surface area (Å²) in [5, 5.41) is 2.25. The van der Waals surface area contributed by atoms with Crippen molar-refractivity contribution in [1.29, 1.82) is 0 Å². The third-order valence-electron chi connectivity index (χ3n) is 2.56. The molecule has 0 N–H and O–H groups in total. The summed E-state index contributed by atoms with van der Waals surface area (Å²) in [6.45, 7) is 8.55. The van der Waals surface area contributed by atoms with E-state index in [1.54, 1.807) is 12.0 Å². The zero-order valence-electron chi connectivity index (χ0n) is 11.0. The first-order chi connectivity index (χ1) is 7.79. The number of nitrogens with zero attached hydrogens (tertiary/aromatic N) is 1. The lowest BCUT2D eigenvalue weighted by Crippen LogP contribution is -2.39. The highest BCUT2D eigenvalue weighted by atomic mass is 32.2. The fraction of sp³-hybridized carbons (Fsp3) is 0.833. The lowest BCUT2D eigenvalue weighted by Gasteiger charge is -2.31. The Morgan fingerprint density at radius 3 is 2.18 bits per heavy atom. The maximum atomic E-state index is 11.7. The maximum Gasteiger partial charge on any atom is 0.330 e. The minimum Gasteiger partial charge on any atom is -0.367 e. The molecule has 0 aromatic rings. The number of carbonyl (C=O) groups excluding carboxylic acids is 2. The molecular formula is C12H21NO3S. The van der Waals surface area contributed by atoms with E-state index in [0.29, 0.717) is 18.3 Å². The number of carbonyl (C=O) groups is 2. The highest BCUT2D eigenvalue weighted by Crippen LogP contribution is 2.25. The Balaban J connectivity index is 2.33. The van der Waals surface area contributed by atoms with Crippen LogP contribution in [0.25, 0.3) is 0 Å². The monoisotopic (exact) mass is 259 g/mol. The molecule has 1 aliphatic heterocycles. The van der Waals surface area contributed by atoms with Gasteiger partial charge < -0.3 is 4.84 Å². The molecular weight excluding hydrogens is 238 g/mol. The fourth-order valence-electron chi connectivity index (χ4n) is 1.53. The molecule has 5 heteroatoms. The fourth-order valence-corrected chi connectivity index (χ4v) is 2.45. The van der Waals surface area contributed by atoms with Gasteiger partial charge in [0.1, 0.15) is 0 Å². The normalized spacial score (nSPS) is 19.1. The van der Waals surface area contributed by atoms with Gasteiger partial charge in [-0.3, -0.25) is 4.79 Å². The van der Waals surface area contributed by atoms with Crippen molar-refractivity contribution in [3.05, 3.63) is 0 Å². The van der Waals surface area contributed by atoms with Gasteiger partial charge in [-0.25, -0.2) is 4.79 Å². The molecule has 0 bridgehead atoms. The molecule has 0 amide bonds. The average molecular weight is 259 g/mol. The molecule has 0 spiro atoms. The van der Waals surface area contributed by atoms with E-state index in [1.165, 1.54) is 11.8 Å².